The molecule has 2 unspecified atom stereocenters. The van der Waals surface area contributed by atoms with E-state index >= 15 is 0 Å². The molecule has 0 aromatic heterocycles. The van der Waals surface area contributed by atoms with Crippen molar-refractivity contribution in [1.29, 1.82) is 0 Å². The lowest BCUT2D eigenvalue weighted by Crippen LogP contribution is -2.49. The molecule has 0 radical (unpaired) electrons. The van der Waals surface area contributed by atoms with Crippen molar-refractivity contribution < 1.29 is 9.59 Å². The Hall–Kier alpha value is -7.19. The molecule has 27 aromatic rings. The number of benzene rings is 17. The lowest BCUT2D eigenvalue weighted by atomic mass is 9.55. The van der Waals surface area contributed by atoms with Gasteiger partial charge >= 0.3 is 0 Å². The van der Waals surface area contributed by atoms with E-state index in [0.29, 0.717) is 0 Å². The molecular formula is C66H18O2Si2. The second kappa shape index (κ2) is 6.15. The smallest absolute Gasteiger partial charge is 0.184 e. The van der Waals surface area contributed by atoms with Crippen LogP contribution in [-0.4, -0.2) is 26.2 Å². The van der Waals surface area contributed by atoms with Crippen LogP contribution in [0.2, 0.25) is 38.3 Å². The zero-order chi connectivity index (χ0) is 42.9. The van der Waals surface area contributed by atoms with Gasteiger partial charge in [-0.1, -0.05) is 0 Å². The highest BCUT2D eigenvalue weighted by molar-refractivity contribution is 6.82. The Labute approximate surface area is 386 Å². The maximum atomic E-state index is 13.2. The minimum Gasteiger partial charge on any atom is -0.432 e. The molecule has 0 saturated carbocycles. The molecule has 5 aliphatic carbocycles. The summed E-state index contributed by atoms with van der Waals surface area (Å²) in [5, 5.41) is 83.4. The van der Waals surface area contributed by atoms with E-state index in [1.165, 1.54) is 0 Å². The quantitative estimate of drug-likeness (QED) is 0.136. The fourth-order valence-corrected chi connectivity index (χ4v) is 29.0. The van der Waals surface area contributed by atoms with Gasteiger partial charge in [0.1, 0.15) is 0 Å². The van der Waals surface area contributed by atoms with Crippen molar-refractivity contribution in [1.82, 2.24) is 0 Å². The summed E-state index contributed by atoms with van der Waals surface area (Å²) in [6.45, 7) is 9.14. The van der Waals surface area contributed by atoms with Crippen LogP contribution in [0, 0.1) is 0 Å². The summed E-state index contributed by atoms with van der Waals surface area (Å²) in [4.78, 5) is 26.5. The molecule has 70 heavy (non-hydrogen) atoms. The molecule has 0 heterocycles. The van der Waals surface area contributed by atoms with Gasteiger partial charge in [0.2, 0.25) is 0 Å². The van der Waals surface area contributed by atoms with Crippen molar-refractivity contribution in [2.24, 2.45) is 0 Å². The number of hydrogen-bond donors (Lipinski definition) is 2. The van der Waals surface area contributed by atoms with Gasteiger partial charge in [-0.3, -0.25) is 0 Å². The van der Waals surface area contributed by atoms with Crippen LogP contribution in [0.3, 0.4) is 0 Å². The summed E-state index contributed by atoms with van der Waals surface area (Å²) < 4.78 is 0. The number of rotatable bonds is 4. The molecule has 0 saturated heterocycles. The zero-order valence-corrected chi connectivity index (χ0v) is 39.3. The second-order valence-electron chi connectivity index (χ2n) is 27.5. The van der Waals surface area contributed by atoms with E-state index < -0.39 is 27.5 Å². The Morgan fingerprint density at radius 1 is 0.186 bits per heavy atom. The van der Waals surface area contributed by atoms with Crippen molar-refractivity contribution in [3.05, 3.63) is 33.4 Å². The van der Waals surface area contributed by atoms with Gasteiger partial charge in [-0.15, -0.1) is 0 Å². The average molecular weight is 899 g/mol. The van der Waals surface area contributed by atoms with Crippen LogP contribution in [0.1, 0.15) is 33.4 Å². The van der Waals surface area contributed by atoms with Gasteiger partial charge in [-0.2, -0.15) is 0 Å². The Morgan fingerprint density at radius 2 is 0.286 bits per heavy atom. The van der Waals surface area contributed by atoms with E-state index in [0.717, 1.165) is 12.1 Å². The van der Waals surface area contributed by atoms with Crippen LogP contribution < -0.4 is 0 Å². The molecule has 5 aliphatic rings. The molecule has 0 fully saturated rings. The first-order valence-electron chi connectivity index (χ1n) is 26.4. The first kappa shape index (κ1) is 27.9. The maximum Gasteiger partial charge on any atom is 0.184 e. The fraction of sp³-hybridized carbons (Fsp3) is 0.121. The predicted octanol–water partition coefficient (Wildman–Crippen LogP) is 17.4. The van der Waals surface area contributed by atoms with Crippen molar-refractivity contribution >= 4 is 297 Å². The first-order valence-corrected chi connectivity index (χ1v) is 32.7. The van der Waals surface area contributed by atoms with Gasteiger partial charge in [-0.05, 0) is 352 Å². The maximum absolute atomic E-state index is 13.2. The van der Waals surface area contributed by atoms with Crippen LogP contribution in [0.25, 0.3) is 280 Å². The lowest BCUT2D eigenvalue weighted by Gasteiger charge is -2.51. The fourth-order valence-electron chi connectivity index (χ4n) is 25.4. The van der Waals surface area contributed by atoms with E-state index in [2.05, 4.69) is 26.2 Å². The molecule has 0 amide bonds. The van der Waals surface area contributed by atoms with Crippen molar-refractivity contribution in [3.63, 3.8) is 0 Å². The predicted molar refractivity (Wildman–Crippen MR) is 301 cm³/mol. The molecule has 2 nitrogen and oxygen atoms in total. The highest BCUT2D eigenvalue weighted by atomic mass is 28.4. The first-order chi connectivity index (χ1) is 34.1. The van der Waals surface area contributed by atoms with Gasteiger partial charge < -0.3 is 9.59 Å². The zero-order valence-electron chi connectivity index (χ0n) is 37.3. The monoisotopic (exact) mass is 898 g/mol. The molecule has 302 valence electrons. The molecule has 0 spiro atoms. The Balaban J connectivity index is 1.22. The van der Waals surface area contributed by atoms with Crippen molar-refractivity contribution in [2.45, 2.75) is 49.1 Å². The van der Waals surface area contributed by atoms with Crippen molar-refractivity contribution in [2.75, 3.05) is 0 Å². The third-order valence-corrected chi connectivity index (χ3v) is 27.7. The molecule has 2 N–H and O–H groups in total. The van der Waals surface area contributed by atoms with Crippen LogP contribution >= 0.6 is 0 Å². The standard InChI is InChI=1S/C66H18O2Si2/c1-69(2,67)5-65-59-51-42-35-22-15-9-10-12-8-7-11(9)20(22)26-24-13(7)17-14(8)25-27-21(12)23-16(10)19-18(15)29-37-30(19)39-36(23)43-41(27)45-32(25)34-28(17)33-31(24)44(40(26)42)55(59)57-46(33)47(34)58-56(45)60-52(43)49(39)54-50(37)53(48(51)38(29)35)61(65)62(54)66(60,6-70(3,4)68)64(58)63(57)65/h67-68H,5-6H2,1-4H3. The third-order valence-electron chi connectivity index (χ3n) is 25.0. The summed E-state index contributed by atoms with van der Waals surface area (Å²) in [5.41, 5.74) is 8.70. The van der Waals surface area contributed by atoms with E-state index in [-0.39, 0.29) is 0 Å². The largest absolute Gasteiger partial charge is 0.432 e. The SMILES string of the molecule is C[Si](C)(O)CC12c3c4c5c6c7c8c9c%10c(c1c1c%11c2c2c%12c3c5c3c5c%12c%12c2c2c%11c%11c%13c1c%10c1c%10c9c9c7c7c6c3c3c5c5c%12c6c2c%11c2c(c%131)c1c%10c9c9c7c3c3c9c1c2c6c53)C48C[Si](C)(C)O. The molecule has 0 bridgehead atoms. The second-order valence-corrected chi connectivity index (χ2v) is 35.5. The van der Waals surface area contributed by atoms with Gasteiger partial charge in [0.05, 0.1) is 0 Å². The van der Waals surface area contributed by atoms with Crippen LogP contribution in [0.15, 0.2) is 0 Å². The molecule has 0 aliphatic heterocycles. The van der Waals surface area contributed by atoms with Gasteiger partial charge in [0.15, 0.2) is 16.6 Å². The van der Waals surface area contributed by atoms with E-state index in [1.54, 1.807) is 313 Å². The highest BCUT2D eigenvalue weighted by Gasteiger charge is 2.67. The van der Waals surface area contributed by atoms with E-state index in [1.807, 2.05) is 0 Å². The normalized spacial score (nSPS) is 22.4. The number of hydrogen-bond acceptors (Lipinski definition) is 2. The van der Waals surface area contributed by atoms with Gasteiger partial charge in [0.25, 0.3) is 0 Å². The van der Waals surface area contributed by atoms with Gasteiger partial charge in [0, 0.05) is 10.8 Å². The summed E-state index contributed by atoms with van der Waals surface area (Å²) in [7, 11) is -5.72. The summed E-state index contributed by atoms with van der Waals surface area (Å²) in [6, 6.07) is 1.60. The summed E-state index contributed by atoms with van der Waals surface area (Å²) >= 11 is 0. The summed E-state index contributed by atoms with van der Waals surface area (Å²) in [5.74, 6) is 0. The Bertz CT molecular complexity index is 6830. The average Bonchev–Trinajstić information content (AvgIpc) is 4.35. The minimum atomic E-state index is -2.86. The Morgan fingerprint density at radius 3 is 0.443 bits per heavy atom. The summed E-state index contributed by atoms with van der Waals surface area (Å²) in [6.07, 6.45) is 0. The third kappa shape index (κ3) is 1.53. The van der Waals surface area contributed by atoms with Crippen molar-refractivity contribution in [3.8, 4) is 0 Å². The molecule has 4 heteroatoms. The molecule has 2 atom stereocenters. The molecular weight excluding hydrogens is 881 g/mol. The van der Waals surface area contributed by atoms with Gasteiger partial charge in [-0.25, -0.2) is 0 Å². The highest BCUT2D eigenvalue weighted by Crippen LogP contribution is 2.85. The van der Waals surface area contributed by atoms with Crippen LogP contribution in [-0.2, 0) is 10.8 Å². The molecule has 32 rings (SSSR count). The topological polar surface area (TPSA) is 40.5 Å². The van der Waals surface area contributed by atoms with E-state index in [9.17, 15) is 9.59 Å². The lowest BCUT2D eigenvalue weighted by molar-refractivity contribution is 0.499. The Kier molecular flexibility index (Phi) is 2.45. The van der Waals surface area contributed by atoms with E-state index in [4.69, 9.17) is 0 Å². The molecule has 27 aromatic carbocycles. The van der Waals surface area contributed by atoms with Crippen LogP contribution in [0.5, 0.6) is 0 Å². The minimum absolute atomic E-state index is 0.475. The van der Waals surface area contributed by atoms with Crippen LogP contribution in [0.4, 0.5) is 0 Å².